The fourth-order valence-electron chi connectivity index (χ4n) is 3.99. The summed E-state index contributed by atoms with van der Waals surface area (Å²) < 4.78 is 2.21. The molecule has 0 saturated carbocycles. The van der Waals surface area contributed by atoms with Gasteiger partial charge >= 0.3 is 0 Å². The zero-order chi connectivity index (χ0) is 17.8. The number of nitrogens with zero attached hydrogens (tertiary/aromatic N) is 3. The molecule has 5 rings (SSSR count). The van der Waals surface area contributed by atoms with Crippen LogP contribution in [0.2, 0.25) is 0 Å². The number of aryl methyl sites for hydroxylation is 3. The number of hydrogen-bond donors (Lipinski definition) is 0. The lowest BCUT2D eigenvalue weighted by molar-refractivity contribution is 1.11. The molecule has 0 amide bonds. The van der Waals surface area contributed by atoms with E-state index in [0.717, 1.165) is 27.9 Å². The molecule has 0 aliphatic rings. The van der Waals surface area contributed by atoms with Crippen LogP contribution in [0.5, 0.6) is 0 Å². The maximum Gasteiger partial charge on any atom is 0.169 e. The predicted molar refractivity (Wildman–Crippen MR) is 108 cm³/mol. The Kier molecular flexibility index (Phi) is 3.13. The van der Waals surface area contributed by atoms with E-state index < -0.39 is 0 Å². The van der Waals surface area contributed by atoms with Crippen LogP contribution in [0, 0.1) is 20.8 Å². The molecule has 0 unspecified atom stereocenters. The zero-order valence-corrected chi connectivity index (χ0v) is 15.1. The molecule has 3 nitrogen and oxygen atoms in total. The first-order valence-corrected chi connectivity index (χ1v) is 8.88. The van der Waals surface area contributed by atoms with Crippen molar-refractivity contribution in [3.05, 3.63) is 77.4 Å². The summed E-state index contributed by atoms with van der Waals surface area (Å²) in [5.41, 5.74) is 6.91. The first-order valence-electron chi connectivity index (χ1n) is 8.88. The van der Waals surface area contributed by atoms with Gasteiger partial charge in [0.15, 0.2) is 11.5 Å². The van der Waals surface area contributed by atoms with Gasteiger partial charge < -0.3 is 0 Å². The standard InChI is InChI=1S/C23H19N3/c1-14-11-12-20-19(13-14)17-9-4-5-10-18(17)22-24-25-23(26(20)22)21-15(2)7-6-8-16(21)3/h4-13H,1-3H3. The van der Waals surface area contributed by atoms with E-state index in [4.69, 9.17) is 0 Å². The van der Waals surface area contributed by atoms with Gasteiger partial charge in [0.25, 0.3) is 0 Å². The minimum absolute atomic E-state index is 0.912. The minimum atomic E-state index is 0.912. The number of benzene rings is 3. The Morgan fingerprint density at radius 1 is 0.692 bits per heavy atom. The summed E-state index contributed by atoms with van der Waals surface area (Å²) >= 11 is 0. The molecule has 0 saturated heterocycles. The molecular formula is C23H19N3. The van der Waals surface area contributed by atoms with Crippen LogP contribution in [-0.4, -0.2) is 14.6 Å². The smallest absolute Gasteiger partial charge is 0.169 e. The lowest BCUT2D eigenvalue weighted by Gasteiger charge is -2.12. The van der Waals surface area contributed by atoms with Crippen LogP contribution in [0.3, 0.4) is 0 Å². The van der Waals surface area contributed by atoms with Gasteiger partial charge in [-0.15, -0.1) is 10.2 Å². The maximum absolute atomic E-state index is 4.62. The topological polar surface area (TPSA) is 30.2 Å². The molecular weight excluding hydrogens is 318 g/mol. The SMILES string of the molecule is Cc1ccc2c(c1)c1ccccc1c1nnc(-c3c(C)cccc3C)n21. The largest absolute Gasteiger partial charge is 0.274 e. The maximum atomic E-state index is 4.62. The molecule has 2 heterocycles. The van der Waals surface area contributed by atoms with Crippen LogP contribution in [-0.2, 0) is 0 Å². The second-order valence-electron chi connectivity index (χ2n) is 7.02. The molecule has 0 bridgehead atoms. The molecule has 0 atom stereocenters. The molecule has 2 aromatic heterocycles. The third-order valence-electron chi connectivity index (χ3n) is 5.22. The number of fused-ring (bicyclic) bond motifs is 6. The number of rotatable bonds is 1. The molecule has 126 valence electrons. The van der Waals surface area contributed by atoms with Crippen molar-refractivity contribution in [2.75, 3.05) is 0 Å². The highest BCUT2D eigenvalue weighted by Gasteiger charge is 2.17. The first-order chi connectivity index (χ1) is 12.6. The van der Waals surface area contributed by atoms with E-state index >= 15 is 0 Å². The third kappa shape index (κ3) is 2.00. The lowest BCUT2D eigenvalue weighted by atomic mass is 10.0. The average Bonchev–Trinajstić information content (AvgIpc) is 3.07. The van der Waals surface area contributed by atoms with Crippen molar-refractivity contribution < 1.29 is 0 Å². The van der Waals surface area contributed by atoms with Gasteiger partial charge in [-0.3, -0.25) is 4.40 Å². The second-order valence-corrected chi connectivity index (χ2v) is 7.02. The normalized spacial score (nSPS) is 11.7. The van der Waals surface area contributed by atoms with Crippen molar-refractivity contribution in [3.63, 3.8) is 0 Å². The van der Waals surface area contributed by atoms with Crippen molar-refractivity contribution in [1.29, 1.82) is 0 Å². The van der Waals surface area contributed by atoms with Crippen molar-refractivity contribution in [2.45, 2.75) is 20.8 Å². The van der Waals surface area contributed by atoms with E-state index in [1.165, 1.54) is 27.5 Å². The number of pyridine rings is 1. The summed E-state index contributed by atoms with van der Waals surface area (Å²) in [7, 11) is 0. The Morgan fingerprint density at radius 3 is 2.19 bits per heavy atom. The number of hydrogen-bond acceptors (Lipinski definition) is 2. The van der Waals surface area contributed by atoms with Gasteiger partial charge in [-0.1, -0.05) is 54.1 Å². The molecule has 26 heavy (non-hydrogen) atoms. The average molecular weight is 337 g/mol. The summed E-state index contributed by atoms with van der Waals surface area (Å²) in [5.74, 6) is 0.912. The van der Waals surface area contributed by atoms with Crippen LogP contribution in [0.25, 0.3) is 38.7 Å². The first kappa shape index (κ1) is 15.1. The summed E-state index contributed by atoms with van der Waals surface area (Å²) in [6.45, 7) is 6.41. The molecule has 0 fully saturated rings. The number of aromatic nitrogens is 3. The summed E-state index contributed by atoms with van der Waals surface area (Å²) in [6.07, 6.45) is 0. The Labute approximate surface area is 151 Å². The van der Waals surface area contributed by atoms with E-state index in [0.29, 0.717) is 0 Å². The van der Waals surface area contributed by atoms with Crippen molar-refractivity contribution in [2.24, 2.45) is 0 Å². The Balaban J connectivity index is 2.05. The Bertz CT molecular complexity index is 1290. The van der Waals surface area contributed by atoms with Crippen LogP contribution in [0.1, 0.15) is 16.7 Å². The van der Waals surface area contributed by atoms with Crippen molar-refractivity contribution in [1.82, 2.24) is 14.6 Å². The lowest BCUT2D eigenvalue weighted by Crippen LogP contribution is -1.97. The Morgan fingerprint density at radius 2 is 1.42 bits per heavy atom. The quantitative estimate of drug-likeness (QED) is 0.371. The molecule has 0 aliphatic heterocycles. The summed E-state index contributed by atoms with van der Waals surface area (Å²) in [6, 6.07) is 21.4. The fraction of sp³-hybridized carbons (Fsp3) is 0.130. The highest BCUT2D eigenvalue weighted by Crippen LogP contribution is 2.34. The predicted octanol–water partition coefficient (Wildman–Crippen LogP) is 5.63. The van der Waals surface area contributed by atoms with Gasteiger partial charge in [-0.25, -0.2) is 0 Å². The highest BCUT2D eigenvalue weighted by atomic mass is 15.2. The molecule has 0 aliphatic carbocycles. The molecule has 0 spiro atoms. The molecule has 0 radical (unpaired) electrons. The van der Waals surface area contributed by atoms with Gasteiger partial charge in [0, 0.05) is 16.3 Å². The van der Waals surface area contributed by atoms with Gasteiger partial charge in [0.1, 0.15) is 0 Å². The third-order valence-corrected chi connectivity index (χ3v) is 5.22. The fourth-order valence-corrected chi connectivity index (χ4v) is 3.99. The second kappa shape index (κ2) is 5.40. The molecule has 0 N–H and O–H groups in total. The van der Waals surface area contributed by atoms with E-state index in [1.54, 1.807) is 0 Å². The van der Waals surface area contributed by atoms with Crippen LogP contribution in [0.15, 0.2) is 60.7 Å². The van der Waals surface area contributed by atoms with E-state index in [1.807, 2.05) is 0 Å². The highest BCUT2D eigenvalue weighted by molar-refractivity contribution is 6.12. The van der Waals surface area contributed by atoms with Gasteiger partial charge in [0.05, 0.1) is 5.52 Å². The monoisotopic (exact) mass is 337 g/mol. The Hall–Kier alpha value is -3.20. The zero-order valence-electron chi connectivity index (χ0n) is 15.1. The molecule has 5 aromatic rings. The minimum Gasteiger partial charge on any atom is -0.274 e. The van der Waals surface area contributed by atoms with Crippen LogP contribution < -0.4 is 0 Å². The van der Waals surface area contributed by atoms with E-state index in [9.17, 15) is 0 Å². The summed E-state index contributed by atoms with van der Waals surface area (Å²) in [5, 5.41) is 12.8. The van der Waals surface area contributed by atoms with Crippen LogP contribution in [0.4, 0.5) is 0 Å². The van der Waals surface area contributed by atoms with Gasteiger partial charge in [-0.2, -0.15) is 0 Å². The van der Waals surface area contributed by atoms with Crippen LogP contribution >= 0.6 is 0 Å². The molecule has 3 heteroatoms. The van der Waals surface area contributed by atoms with Gasteiger partial charge in [0.2, 0.25) is 0 Å². The van der Waals surface area contributed by atoms with Gasteiger partial charge in [-0.05, 0) is 49.4 Å². The van der Waals surface area contributed by atoms with E-state index in [2.05, 4.69) is 96.0 Å². The van der Waals surface area contributed by atoms with Crippen molar-refractivity contribution in [3.8, 4) is 11.4 Å². The summed E-state index contributed by atoms with van der Waals surface area (Å²) in [4.78, 5) is 0. The van der Waals surface area contributed by atoms with Crippen molar-refractivity contribution >= 4 is 27.3 Å². The van der Waals surface area contributed by atoms with E-state index in [-0.39, 0.29) is 0 Å². The molecule has 3 aromatic carbocycles.